The minimum atomic E-state index is -0.830. The van der Waals surface area contributed by atoms with Crippen LogP contribution in [0.2, 0.25) is 5.02 Å². The van der Waals surface area contributed by atoms with Crippen LogP contribution in [0, 0.1) is 0 Å². The van der Waals surface area contributed by atoms with E-state index in [0.29, 0.717) is 29.1 Å². The van der Waals surface area contributed by atoms with Crippen molar-refractivity contribution in [2.45, 2.75) is 32.2 Å². The van der Waals surface area contributed by atoms with Gasteiger partial charge in [-0.25, -0.2) is 0 Å². The average molecular weight is 285 g/mol. The van der Waals surface area contributed by atoms with Crippen LogP contribution in [-0.2, 0) is 4.79 Å². The van der Waals surface area contributed by atoms with Gasteiger partial charge in [0.2, 0.25) is 0 Å². The van der Waals surface area contributed by atoms with Crippen LogP contribution in [0.3, 0.4) is 0 Å². The second-order valence-corrected chi connectivity index (χ2v) is 4.80. The minimum Gasteiger partial charge on any atom is -0.481 e. The maximum absolute atomic E-state index is 11.9. The zero-order valence-corrected chi connectivity index (χ0v) is 11.4. The number of aliphatic carboxylic acids is 1. The number of carboxylic acid groups (broad SMARTS) is 1. The minimum absolute atomic E-state index is 0.0943. The largest absolute Gasteiger partial charge is 0.481 e. The Labute approximate surface area is 116 Å². The first kappa shape index (κ1) is 15.3. The molecule has 19 heavy (non-hydrogen) atoms. The molecule has 0 spiro atoms. The fourth-order valence-electron chi connectivity index (χ4n) is 1.61. The van der Waals surface area contributed by atoms with Crippen molar-refractivity contribution in [1.82, 2.24) is 5.32 Å². The zero-order valence-electron chi connectivity index (χ0n) is 10.6. The molecule has 1 amide bonds. The summed E-state index contributed by atoms with van der Waals surface area (Å²) in [6.45, 7) is 1.83. The van der Waals surface area contributed by atoms with Crippen molar-refractivity contribution in [3.63, 3.8) is 0 Å². The summed E-state index contributed by atoms with van der Waals surface area (Å²) < 4.78 is 0. The molecule has 6 heteroatoms. The molecule has 1 aromatic rings. The van der Waals surface area contributed by atoms with Crippen LogP contribution in [0.5, 0.6) is 0 Å². The Bertz CT molecular complexity index is 477. The first-order valence-corrected chi connectivity index (χ1v) is 6.35. The van der Waals surface area contributed by atoms with Gasteiger partial charge < -0.3 is 16.2 Å². The van der Waals surface area contributed by atoms with Crippen LogP contribution in [0.15, 0.2) is 18.2 Å². The molecule has 0 radical (unpaired) electrons. The highest BCUT2D eigenvalue weighted by Crippen LogP contribution is 2.19. The van der Waals surface area contributed by atoms with Crippen molar-refractivity contribution in [2.75, 3.05) is 5.73 Å². The van der Waals surface area contributed by atoms with Gasteiger partial charge in [0, 0.05) is 18.0 Å². The summed E-state index contributed by atoms with van der Waals surface area (Å²) in [6.07, 6.45) is 1.24. The molecular weight excluding hydrogens is 268 g/mol. The first-order valence-electron chi connectivity index (χ1n) is 5.98. The van der Waals surface area contributed by atoms with Gasteiger partial charge in [-0.1, -0.05) is 11.6 Å². The number of carbonyl (C=O) groups is 2. The standard InChI is InChI=1S/C13H17ClN2O3/c1-8(3-2-4-12(17)18)16-13(19)9-5-6-11(15)10(14)7-9/h5-8H,2-4,15H2,1H3,(H,16,19)(H,17,18). The fraction of sp³-hybridized carbons (Fsp3) is 0.385. The monoisotopic (exact) mass is 284 g/mol. The Morgan fingerprint density at radius 1 is 1.47 bits per heavy atom. The summed E-state index contributed by atoms with van der Waals surface area (Å²) in [5.74, 6) is -1.08. The maximum atomic E-state index is 11.9. The summed E-state index contributed by atoms with van der Waals surface area (Å²) in [5.41, 5.74) is 6.42. The van der Waals surface area contributed by atoms with E-state index >= 15 is 0 Å². The molecule has 4 N–H and O–H groups in total. The number of nitrogen functional groups attached to an aromatic ring is 1. The van der Waals surface area contributed by atoms with Crippen LogP contribution in [0.4, 0.5) is 5.69 Å². The number of carboxylic acids is 1. The lowest BCUT2D eigenvalue weighted by Gasteiger charge is -2.13. The van der Waals surface area contributed by atoms with Crippen molar-refractivity contribution in [1.29, 1.82) is 0 Å². The van der Waals surface area contributed by atoms with E-state index in [9.17, 15) is 9.59 Å². The number of carbonyl (C=O) groups excluding carboxylic acids is 1. The highest BCUT2D eigenvalue weighted by Gasteiger charge is 2.11. The van der Waals surface area contributed by atoms with E-state index in [0.717, 1.165) is 0 Å². The van der Waals surface area contributed by atoms with Crippen LogP contribution in [0.25, 0.3) is 0 Å². The number of hydrogen-bond donors (Lipinski definition) is 3. The predicted octanol–water partition coefficient (Wildman–Crippen LogP) is 2.30. The number of halogens is 1. The number of hydrogen-bond acceptors (Lipinski definition) is 3. The molecule has 1 rings (SSSR count). The van der Waals surface area contributed by atoms with Crippen LogP contribution < -0.4 is 11.1 Å². The van der Waals surface area contributed by atoms with Gasteiger partial charge in [0.1, 0.15) is 0 Å². The van der Waals surface area contributed by atoms with Crippen LogP contribution in [0.1, 0.15) is 36.5 Å². The van der Waals surface area contributed by atoms with Crippen molar-refractivity contribution < 1.29 is 14.7 Å². The predicted molar refractivity (Wildman–Crippen MR) is 74.3 cm³/mol. The summed E-state index contributed by atoms with van der Waals surface area (Å²) in [4.78, 5) is 22.3. The SMILES string of the molecule is CC(CCCC(=O)O)NC(=O)c1ccc(N)c(Cl)c1. The number of nitrogens with one attached hydrogen (secondary N) is 1. The van der Waals surface area contributed by atoms with Crippen LogP contribution >= 0.6 is 11.6 Å². The fourth-order valence-corrected chi connectivity index (χ4v) is 1.79. The van der Waals surface area contributed by atoms with E-state index in [-0.39, 0.29) is 18.4 Å². The van der Waals surface area contributed by atoms with E-state index in [1.54, 1.807) is 12.1 Å². The molecule has 1 unspecified atom stereocenters. The molecule has 0 bridgehead atoms. The Balaban J connectivity index is 2.49. The molecule has 0 aromatic heterocycles. The third-order valence-electron chi connectivity index (χ3n) is 2.67. The molecule has 0 fully saturated rings. The van der Waals surface area contributed by atoms with Crippen LogP contribution in [-0.4, -0.2) is 23.0 Å². The van der Waals surface area contributed by atoms with Gasteiger partial charge in [-0.3, -0.25) is 9.59 Å². The zero-order chi connectivity index (χ0) is 14.4. The molecule has 104 valence electrons. The Morgan fingerprint density at radius 2 is 2.16 bits per heavy atom. The molecule has 0 saturated heterocycles. The molecule has 0 aliphatic rings. The molecule has 5 nitrogen and oxygen atoms in total. The van der Waals surface area contributed by atoms with Gasteiger partial charge in [0.15, 0.2) is 0 Å². The molecular formula is C13H17ClN2O3. The van der Waals surface area contributed by atoms with Crippen molar-refractivity contribution in [3.8, 4) is 0 Å². The van der Waals surface area contributed by atoms with Gasteiger partial charge in [-0.2, -0.15) is 0 Å². The van der Waals surface area contributed by atoms with Crippen molar-refractivity contribution in [2.24, 2.45) is 0 Å². The van der Waals surface area contributed by atoms with Gasteiger partial charge in [0.25, 0.3) is 5.91 Å². The molecule has 0 aliphatic carbocycles. The summed E-state index contributed by atoms with van der Waals surface area (Å²) in [5, 5.41) is 11.7. The highest BCUT2D eigenvalue weighted by molar-refractivity contribution is 6.33. The van der Waals surface area contributed by atoms with Gasteiger partial charge in [-0.15, -0.1) is 0 Å². The highest BCUT2D eigenvalue weighted by atomic mass is 35.5. The van der Waals surface area contributed by atoms with E-state index < -0.39 is 5.97 Å². The number of amides is 1. The maximum Gasteiger partial charge on any atom is 0.303 e. The average Bonchev–Trinajstić information content (AvgIpc) is 2.32. The van der Waals surface area contributed by atoms with E-state index in [4.69, 9.17) is 22.4 Å². The molecule has 1 aromatic carbocycles. The lowest BCUT2D eigenvalue weighted by Crippen LogP contribution is -2.32. The van der Waals surface area contributed by atoms with Crippen molar-refractivity contribution >= 4 is 29.2 Å². The molecule has 0 aliphatic heterocycles. The second-order valence-electron chi connectivity index (χ2n) is 4.40. The van der Waals surface area contributed by atoms with Gasteiger partial charge in [-0.05, 0) is 38.0 Å². The normalized spacial score (nSPS) is 11.9. The van der Waals surface area contributed by atoms with Gasteiger partial charge in [0.05, 0.1) is 10.7 Å². The smallest absolute Gasteiger partial charge is 0.303 e. The molecule has 0 heterocycles. The first-order chi connectivity index (χ1) is 8.90. The number of rotatable bonds is 6. The van der Waals surface area contributed by atoms with Gasteiger partial charge >= 0.3 is 5.97 Å². The quantitative estimate of drug-likeness (QED) is 0.699. The Morgan fingerprint density at radius 3 is 2.74 bits per heavy atom. The summed E-state index contributed by atoms with van der Waals surface area (Å²) in [6, 6.07) is 4.59. The van der Waals surface area contributed by atoms with Crippen molar-refractivity contribution in [3.05, 3.63) is 28.8 Å². The second kappa shape index (κ2) is 6.99. The topological polar surface area (TPSA) is 92.4 Å². The third kappa shape index (κ3) is 5.18. The Kier molecular flexibility index (Phi) is 5.63. The molecule has 1 atom stereocenters. The van der Waals surface area contributed by atoms with E-state index in [1.165, 1.54) is 6.07 Å². The number of benzene rings is 1. The summed E-state index contributed by atoms with van der Waals surface area (Å²) >= 11 is 5.84. The van der Waals surface area contributed by atoms with E-state index in [1.807, 2.05) is 6.92 Å². The third-order valence-corrected chi connectivity index (χ3v) is 3.00. The number of anilines is 1. The molecule has 0 saturated carbocycles. The number of nitrogens with two attached hydrogens (primary N) is 1. The summed E-state index contributed by atoms with van der Waals surface area (Å²) in [7, 11) is 0. The lowest BCUT2D eigenvalue weighted by molar-refractivity contribution is -0.137. The Hall–Kier alpha value is -1.75. The van der Waals surface area contributed by atoms with E-state index in [2.05, 4.69) is 5.32 Å². The lowest BCUT2D eigenvalue weighted by atomic mass is 10.1.